The maximum absolute atomic E-state index is 6.26. The van der Waals surface area contributed by atoms with Crippen molar-refractivity contribution in [2.45, 2.75) is 39.9 Å². The van der Waals surface area contributed by atoms with Crippen LogP contribution in [0.2, 0.25) is 5.02 Å². The highest BCUT2D eigenvalue weighted by molar-refractivity contribution is 9.11. The second-order valence-corrected chi connectivity index (χ2v) is 13.5. The van der Waals surface area contributed by atoms with Gasteiger partial charge in [0.25, 0.3) is 0 Å². The Hall–Kier alpha value is -3.65. The lowest BCUT2D eigenvalue weighted by Gasteiger charge is -2.21. The summed E-state index contributed by atoms with van der Waals surface area (Å²) in [5.41, 5.74) is 7.34. The summed E-state index contributed by atoms with van der Waals surface area (Å²) in [6.45, 7) is 7.31. The third-order valence-electron chi connectivity index (χ3n) is 7.83. The van der Waals surface area contributed by atoms with Crippen molar-refractivity contribution in [1.82, 2.24) is 9.97 Å². The third-order valence-corrected chi connectivity index (χ3v) is 9.38. The van der Waals surface area contributed by atoms with E-state index >= 15 is 0 Å². The number of ether oxygens (including phenoxy) is 2. The number of pyridine rings is 2. The quantitative estimate of drug-likeness (QED) is 0.162. The van der Waals surface area contributed by atoms with Crippen LogP contribution in [0.4, 0.5) is 5.69 Å². The van der Waals surface area contributed by atoms with Gasteiger partial charge in [-0.2, -0.15) is 0 Å². The normalized spacial score (nSPS) is 12.7. The smallest absolute Gasteiger partial charge is 0.136 e. The first kappa shape index (κ1) is 32.3. The second-order valence-electron chi connectivity index (χ2n) is 11.4. The average Bonchev–Trinajstić information content (AvgIpc) is 3.60. The molecule has 3 heterocycles. The first-order valence-corrected chi connectivity index (χ1v) is 17.3. The van der Waals surface area contributed by atoms with E-state index in [-0.39, 0.29) is 0 Å². The molecule has 6 aromatic rings. The standard InChI is InChI=1S/C21H21BrN2O.C17H13BrClNO/c1-15-11-20(24-9-5-6-10-24)17-12-18(22)21(13-19(17)23-15)25-14-16-7-3-2-4-8-16;1-11-7-15(19)13-8-14(18)17(9-16(13)20-11)21-10-12-5-3-2-4-6-12/h2-4,7-8,11-13H,5-6,9-10,14H2,1H3;2-9H,10H2,1H3. The van der Waals surface area contributed by atoms with E-state index in [1.165, 1.54) is 23.9 Å². The molecule has 1 aliphatic heterocycles. The summed E-state index contributed by atoms with van der Waals surface area (Å²) in [6, 6.07) is 32.4. The average molecular weight is 760 g/mol. The van der Waals surface area contributed by atoms with Crippen molar-refractivity contribution in [2.24, 2.45) is 0 Å². The largest absolute Gasteiger partial charge is 0.488 e. The zero-order chi connectivity index (χ0) is 32.0. The van der Waals surface area contributed by atoms with Crippen LogP contribution in [0.3, 0.4) is 0 Å². The number of nitrogens with zero attached hydrogens (tertiary/aromatic N) is 3. The van der Waals surface area contributed by atoms with Gasteiger partial charge in [-0.1, -0.05) is 72.3 Å². The summed E-state index contributed by atoms with van der Waals surface area (Å²) in [5.74, 6) is 1.60. The zero-order valence-electron chi connectivity index (χ0n) is 25.8. The first-order chi connectivity index (χ1) is 22.3. The van der Waals surface area contributed by atoms with Gasteiger partial charge in [0.05, 0.1) is 25.0 Å². The summed E-state index contributed by atoms with van der Waals surface area (Å²) in [4.78, 5) is 11.7. The van der Waals surface area contributed by atoms with E-state index in [1.807, 2.05) is 73.7 Å². The maximum Gasteiger partial charge on any atom is 0.136 e. The van der Waals surface area contributed by atoms with Crippen molar-refractivity contribution in [3.05, 3.63) is 134 Å². The topological polar surface area (TPSA) is 47.5 Å². The molecule has 7 rings (SSSR count). The van der Waals surface area contributed by atoms with Crippen molar-refractivity contribution < 1.29 is 9.47 Å². The maximum atomic E-state index is 6.26. The lowest BCUT2D eigenvalue weighted by Crippen LogP contribution is -2.18. The van der Waals surface area contributed by atoms with Gasteiger partial charge in [0.2, 0.25) is 0 Å². The van der Waals surface area contributed by atoms with E-state index in [0.717, 1.165) is 72.5 Å². The summed E-state index contributed by atoms with van der Waals surface area (Å²) in [5, 5.41) is 2.81. The molecule has 0 atom stereocenters. The van der Waals surface area contributed by atoms with Gasteiger partial charge in [-0.05, 0) is 93.9 Å². The number of rotatable bonds is 7. The number of fused-ring (bicyclic) bond motifs is 2. The Balaban J connectivity index is 0.000000164. The second kappa shape index (κ2) is 14.8. The van der Waals surface area contributed by atoms with Crippen molar-refractivity contribution in [1.29, 1.82) is 0 Å². The van der Waals surface area contributed by atoms with Gasteiger partial charge in [0.1, 0.15) is 24.7 Å². The van der Waals surface area contributed by atoms with Crippen LogP contribution in [-0.2, 0) is 13.2 Å². The molecule has 0 N–H and O–H groups in total. The number of hydrogen-bond acceptors (Lipinski definition) is 5. The number of halogens is 3. The SMILES string of the molecule is Cc1cc(Cl)c2cc(Br)c(OCc3ccccc3)cc2n1.Cc1cc(N2CCCC2)c2cc(Br)c(OCc3ccccc3)cc2n1. The number of anilines is 1. The highest BCUT2D eigenvalue weighted by atomic mass is 79.9. The van der Waals surface area contributed by atoms with Gasteiger partial charge >= 0.3 is 0 Å². The molecular weight excluding hydrogens is 726 g/mol. The molecule has 4 aromatic carbocycles. The van der Waals surface area contributed by atoms with Gasteiger partial charge in [0.15, 0.2) is 0 Å². The Kier molecular flexibility index (Phi) is 10.4. The lowest BCUT2D eigenvalue weighted by atomic mass is 10.1. The van der Waals surface area contributed by atoms with Crippen LogP contribution in [0.15, 0.2) is 106 Å². The monoisotopic (exact) mass is 757 g/mol. The van der Waals surface area contributed by atoms with Crippen LogP contribution in [0.25, 0.3) is 21.8 Å². The van der Waals surface area contributed by atoms with Crippen LogP contribution < -0.4 is 14.4 Å². The van der Waals surface area contributed by atoms with Gasteiger partial charge < -0.3 is 14.4 Å². The molecule has 0 amide bonds. The molecule has 0 aliphatic carbocycles. The summed E-state index contributed by atoms with van der Waals surface area (Å²) < 4.78 is 13.8. The Bertz CT molecular complexity index is 1970. The zero-order valence-corrected chi connectivity index (χ0v) is 29.7. The predicted octanol–water partition coefficient (Wildman–Crippen LogP) is 11.0. The third kappa shape index (κ3) is 7.83. The minimum atomic E-state index is 0.518. The van der Waals surface area contributed by atoms with Gasteiger partial charge in [-0.3, -0.25) is 9.97 Å². The molecule has 1 aliphatic rings. The summed E-state index contributed by atoms with van der Waals surface area (Å²) in [6.07, 6.45) is 2.53. The fourth-order valence-electron chi connectivity index (χ4n) is 5.56. The summed E-state index contributed by atoms with van der Waals surface area (Å²) >= 11 is 13.5. The Morgan fingerprint density at radius 3 is 1.67 bits per heavy atom. The lowest BCUT2D eigenvalue weighted by molar-refractivity contribution is 0.304. The van der Waals surface area contributed by atoms with Crippen molar-refractivity contribution in [3.8, 4) is 11.5 Å². The van der Waals surface area contributed by atoms with E-state index in [4.69, 9.17) is 26.1 Å². The fraction of sp³-hybridized carbons (Fsp3) is 0.211. The fourth-order valence-corrected chi connectivity index (χ4v) is 6.78. The molecule has 8 heteroatoms. The number of benzene rings is 4. The van der Waals surface area contributed by atoms with Crippen LogP contribution in [0, 0.1) is 13.8 Å². The molecule has 1 fully saturated rings. The number of hydrogen-bond donors (Lipinski definition) is 0. The van der Waals surface area contributed by atoms with E-state index in [2.05, 4.69) is 79.0 Å². The van der Waals surface area contributed by atoms with Gasteiger partial charge in [-0.15, -0.1) is 0 Å². The molecule has 46 heavy (non-hydrogen) atoms. The minimum absolute atomic E-state index is 0.518. The molecule has 0 unspecified atom stereocenters. The minimum Gasteiger partial charge on any atom is -0.488 e. The molecule has 0 radical (unpaired) electrons. The predicted molar refractivity (Wildman–Crippen MR) is 196 cm³/mol. The van der Waals surface area contributed by atoms with Crippen LogP contribution in [0.5, 0.6) is 11.5 Å². The van der Waals surface area contributed by atoms with Crippen molar-refractivity contribution in [2.75, 3.05) is 18.0 Å². The molecule has 0 spiro atoms. The van der Waals surface area contributed by atoms with Crippen molar-refractivity contribution in [3.63, 3.8) is 0 Å². The highest BCUT2D eigenvalue weighted by Crippen LogP contribution is 2.37. The van der Waals surface area contributed by atoms with Gasteiger partial charge in [0, 0.05) is 53.1 Å². The molecule has 1 saturated heterocycles. The Morgan fingerprint density at radius 1 is 0.652 bits per heavy atom. The van der Waals surface area contributed by atoms with Crippen LogP contribution in [0.1, 0.15) is 35.4 Å². The Morgan fingerprint density at radius 2 is 1.13 bits per heavy atom. The van der Waals surface area contributed by atoms with Crippen molar-refractivity contribution >= 4 is 71.0 Å². The van der Waals surface area contributed by atoms with E-state index < -0.39 is 0 Å². The van der Waals surface area contributed by atoms with E-state index in [1.54, 1.807) is 0 Å². The first-order valence-electron chi connectivity index (χ1n) is 15.3. The molecule has 2 aromatic heterocycles. The van der Waals surface area contributed by atoms with Crippen LogP contribution in [-0.4, -0.2) is 23.1 Å². The van der Waals surface area contributed by atoms with E-state index in [0.29, 0.717) is 18.2 Å². The molecular formula is C38H34Br2ClN3O2. The van der Waals surface area contributed by atoms with Gasteiger partial charge in [-0.25, -0.2) is 0 Å². The van der Waals surface area contributed by atoms with E-state index in [9.17, 15) is 0 Å². The molecule has 234 valence electrons. The summed E-state index contributed by atoms with van der Waals surface area (Å²) in [7, 11) is 0. The molecule has 0 bridgehead atoms. The van der Waals surface area contributed by atoms with Crippen LogP contribution >= 0.6 is 43.5 Å². The number of aromatic nitrogens is 2. The molecule has 0 saturated carbocycles. The Labute approximate surface area is 291 Å². The molecule has 5 nitrogen and oxygen atoms in total. The number of aryl methyl sites for hydroxylation is 2. The highest BCUT2D eigenvalue weighted by Gasteiger charge is 2.18.